The van der Waals surface area contributed by atoms with Crippen LogP contribution in [0.1, 0.15) is 24.0 Å². The Morgan fingerprint density at radius 1 is 1.00 bits per heavy atom. The Hall–Kier alpha value is -3.00. The number of nitrogens with two attached hydrogens (primary N) is 1. The Balaban J connectivity index is 1.73. The van der Waals surface area contributed by atoms with E-state index >= 15 is 0 Å². The van der Waals surface area contributed by atoms with E-state index in [0.717, 1.165) is 11.1 Å². The van der Waals surface area contributed by atoms with E-state index in [0.29, 0.717) is 15.8 Å². The molecule has 0 saturated heterocycles. The molecular weight excluding hydrogens is 583 g/mol. The van der Waals surface area contributed by atoms with Gasteiger partial charge in [-0.05, 0) is 54.4 Å². The van der Waals surface area contributed by atoms with Crippen LogP contribution in [0.25, 0.3) is 0 Å². The maximum Gasteiger partial charge on any atom is 0.274 e. The molecule has 3 aromatic rings. The van der Waals surface area contributed by atoms with E-state index in [-0.39, 0.29) is 29.9 Å². The summed E-state index contributed by atoms with van der Waals surface area (Å²) in [6.45, 7) is 1.70. The lowest BCUT2D eigenvalue weighted by Gasteiger charge is -2.20. The molecule has 4 N–H and O–H groups in total. The van der Waals surface area contributed by atoms with Crippen LogP contribution in [0.4, 0.5) is 0 Å². The van der Waals surface area contributed by atoms with Gasteiger partial charge in [0.25, 0.3) is 20.2 Å². The summed E-state index contributed by atoms with van der Waals surface area (Å²) in [6, 6.07) is 21.8. The van der Waals surface area contributed by atoms with Crippen molar-refractivity contribution < 1.29 is 16.8 Å². The number of rotatable bonds is 8. The summed E-state index contributed by atoms with van der Waals surface area (Å²) in [5.41, 5.74) is 2.46. The first-order valence-electron chi connectivity index (χ1n) is 11.7. The monoisotopic (exact) mass is 608 g/mol. The minimum atomic E-state index is -4.10. The van der Waals surface area contributed by atoms with E-state index in [1.807, 2.05) is 42.5 Å². The maximum absolute atomic E-state index is 13.3. The molecule has 4 rings (SSSR count). The topological polar surface area (TPSA) is 146 Å². The Morgan fingerprint density at radius 2 is 1.59 bits per heavy atom. The standard InChI is InChI=1S/C25H26Cl2N6O4S2/c1-17(31-39(28,36)37)15-29-25(32-38(34,35)22-13-11-21(27)12-14-22)33-16-23(18-5-3-2-4-6-18)24(30-33)19-7-9-20(26)10-8-19/h2-14,17,23,31H,15-16H2,1H3,(H,29,32)(H2,28,36,37)/t17-,23+/m1/s1. The van der Waals surface area contributed by atoms with Gasteiger partial charge in [-0.25, -0.2) is 28.3 Å². The summed E-state index contributed by atoms with van der Waals surface area (Å²) in [4.78, 5) is 4.37. The SMILES string of the molecule is C[C@H](CN=C(NS(=O)(=O)c1ccc(Cl)cc1)N1C[C@@H](c2ccccc2)C(c2ccc(Cl)cc2)=N1)NS(N)(=O)=O. The summed E-state index contributed by atoms with van der Waals surface area (Å²) in [7, 11) is -8.09. The molecule has 1 aliphatic heterocycles. The Labute approximate surface area is 237 Å². The number of hydrogen-bond acceptors (Lipinski definition) is 6. The normalized spacial score (nSPS) is 17.1. The summed E-state index contributed by atoms with van der Waals surface area (Å²) in [5.74, 6) is -0.310. The lowest BCUT2D eigenvalue weighted by molar-refractivity contribution is 0.459. The van der Waals surface area contributed by atoms with Crippen molar-refractivity contribution >= 4 is 55.1 Å². The second kappa shape index (κ2) is 12.0. The smallest absolute Gasteiger partial charge is 0.249 e. The first kappa shape index (κ1) is 29.0. The number of benzene rings is 3. The van der Waals surface area contributed by atoms with Crippen molar-refractivity contribution in [2.24, 2.45) is 15.2 Å². The molecular formula is C25H26Cl2N6O4S2. The minimum Gasteiger partial charge on any atom is -0.249 e. The fourth-order valence-corrected chi connectivity index (χ4v) is 5.87. The lowest BCUT2D eigenvalue weighted by Crippen LogP contribution is -2.43. The van der Waals surface area contributed by atoms with Crippen LogP contribution in [0, 0.1) is 0 Å². The molecule has 0 amide bonds. The number of nitrogens with zero attached hydrogens (tertiary/aromatic N) is 3. The van der Waals surface area contributed by atoms with E-state index in [1.165, 1.54) is 29.3 Å². The number of sulfonamides is 1. The number of halogens is 2. The molecule has 1 heterocycles. The molecule has 2 atom stereocenters. The van der Waals surface area contributed by atoms with E-state index in [1.54, 1.807) is 19.1 Å². The highest BCUT2D eigenvalue weighted by Crippen LogP contribution is 2.29. The highest BCUT2D eigenvalue weighted by Gasteiger charge is 2.33. The van der Waals surface area contributed by atoms with Crippen LogP contribution in [0.5, 0.6) is 0 Å². The summed E-state index contributed by atoms with van der Waals surface area (Å²) < 4.78 is 54.2. The lowest BCUT2D eigenvalue weighted by atomic mass is 9.91. The van der Waals surface area contributed by atoms with Crippen LogP contribution in [0.2, 0.25) is 10.0 Å². The fourth-order valence-electron chi connectivity index (χ4n) is 3.96. The van der Waals surface area contributed by atoms with Gasteiger partial charge >= 0.3 is 0 Å². The summed E-state index contributed by atoms with van der Waals surface area (Å²) >= 11 is 12.0. The van der Waals surface area contributed by atoms with Crippen molar-refractivity contribution in [1.29, 1.82) is 0 Å². The van der Waals surface area contributed by atoms with Gasteiger partial charge in [-0.1, -0.05) is 65.7 Å². The maximum atomic E-state index is 13.3. The Morgan fingerprint density at radius 3 is 2.18 bits per heavy atom. The minimum absolute atomic E-state index is 0.0315. The number of hydrazone groups is 1. The van der Waals surface area contributed by atoms with Gasteiger partial charge in [-0.2, -0.15) is 18.2 Å². The second-order valence-electron chi connectivity index (χ2n) is 8.83. The van der Waals surface area contributed by atoms with Crippen LogP contribution in [-0.4, -0.2) is 52.6 Å². The van der Waals surface area contributed by atoms with E-state index in [2.05, 4.69) is 14.4 Å². The van der Waals surface area contributed by atoms with E-state index < -0.39 is 26.3 Å². The highest BCUT2D eigenvalue weighted by atomic mass is 35.5. The molecule has 3 aromatic carbocycles. The molecule has 0 aliphatic carbocycles. The third-order valence-electron chi connectivity index (χ3n) is 5.73. The predicted molar refractivity (Wildman–Crippen MR) is 154 cm³/mol. The molecule has 206 valence electrons. The third-order valence-corrected chi connectivity index (χ3v) is 8.31. The van der Waals surface area contributed by atoms with Crippen molar-refractivity contribution in [1.82, 2.24) is 14.5 Å². The molecule has 0 aromatic heterocycles. The van der Waals surface area contributed by atoms with E-state index in [4.69, 9.17) is 33.4 Å². The number of aliphatic imine (C=N–C) groups is 1. The molecule has 39 heavy (non-hydrogen) atoms. The highest BCUT2D eigenvalue weighted by molar-refractivity contribution is 7.90. The molecule has 0 bridgehead atoms. The number of nitrogens with one attached hydrogen (secondary N) is 2. The molecule has 0 saturated carbocycles. The quantitative estimate of drug-likeness (QED) is 0.265. The molecule has 0 spiro atoms. The molecule has 10 nitrogen and oxygen atoms in total. The molecule has 14 heteroatoms. The van der Waals surface area contributed by atoms with Crippen molar-refractivity contribution in [2.45, 2.75) is 23.8 Å². The van der Waals surface area contributed by atoms with Gasteiger partial charge in [0.05, 0.1) is 23.7 Å². The Bertz CT molecular complexity index is 1580. The van der Waals surface area contributed by atoms with Gasteiger partial charge in [-0.3, -0.25) is 0 Å². The molecule has 0 radical (unpaired) electrons. The third kappa shape index (κ3) is 7.78. The van der Waals surface area contributed by atoms with Crippen molar-refractivity contribution in [3.8, 4) is 0 Å². The van der Waals surface area contributed by atoms with Crippen LogP contribution < -0.4 is 14.6 Å². The van der Waals surface area contributed by atoms with Crippen molar-refractivity contribution in [3.63, 3.8) is 0 Å². The average molecular weight is 610 g/mol. The van der Waals surface area contributed by atoms with Crippen molar-refractivity contribution in [3.05, 3.63) is 100 Å². The van der Waals surface area contributed by atoms with Crippen LogP contribution in [0.15, 0.2) is 93.9 Å². The first-order chi connectivity index (χ1) is 18.4. The van der Waals surface area contributed by atoms with Gasteiger partial charge in [0.1, 0.15) is 0 Å². The zero-order valence-corrected chi connectivity index (χ0v) is 23.8. The largest absolute Gasteiger partial charge is 0.274 e. The van der Waals surface area contributed by atoms with Gasteiger partial charge in [0.15, 0.2) is 0 Å². The van der Waals surface area contributed by atoms with Crippen LogP contribution >= 0.6 is 23.2 Å². The first-order valence-corrected chi connectivity index (χ1v) is 15.5. The molecule has 0 fully saturated rings. The second-order valence-corrected chi connectivity index (χ2v) is 12.7. The van der Waals surface area contributed by atoms with Crippen molar-refractivity contribution in [2.75, 3.05) is 13.1 Å². The van der Waals surface area contributed by atoms with Gasteiger partial charge in [0.2, 0.25) is 5.96 Å². The molecule has 0 unspecified atom stereocenters. The zero-order valence-electron chi connectivity index (χ0n) is 20.7. The number of hydrogen-bond donors (Lipinski definition) is 3. The predicted octanol–water partition coefficient (Wildman–Crippen LogP) is 3.31. The summed E-state index contributed by atoms with van der Waals surface area (Å²) in [6.07, 6.45) is 0. The Kier molecular flexibility index (Phi) is 8.94. The van der Waals surface area contributed by atoms with Crippen LogP contribution in [0.3, 0.4) is 0 Å². The van der Waals surface area contributed by atoms with Gasteiger partial charge in [0, 0.05) is 22.0 Å². The van der Waals surface area contributed by atoms with Crippen LogP contribution in [-0.2, 0) is 20.2 Å². The number of guanidine groups is 1. The molecule has 1 aliphatic rings. The zero-order chi connectivity index (χ0) is 28.2. The summed E-state index contributed by atoms with van der Waals surface area (Å²) in [5, 5.41) is 12.2. The van der Waals surface area contributed by atoms with E-state index in [9.17, 15) is 16.8 Å². The fraction of sp³-hybridized carbons (Fsp3) is 0.200. The van der Waals surface area contributed by atoms with Gasteiger partial charge in [-0.15, -0.1) is 0 Å². The average Bonchev–Trinajstić information content (AvgIpc) is 3.32. The van der Waals surface area contributed by atoms with Gasteiger partial charge < -0.3 is 0 Å².